The van der Waals surface area contributed by atoms with Crippen LogP contribution < -0.4 is 10.6 Å². The summed E-state index contributed by atoms with van der Waals surface area (Å²) < 4.78 is 1.74. The Morgan fingerprint density at radius 1 is 1.00 bits per heavy atom. The Hall–Kier alpha value is -4.24. The normalized spacial score (nSPS) is 11.3. The van der Waals surface area contributed by atoms with Crippen LogP contribution in [0.1, 0.15) is 21.5 Å². The van der Waals surface area contributed by atoms with Gasteiger partial charge in [0.15, 0.2) is 0 Å². The molecule has 2 aromatic carbocycles. The van der Waals surface area contributed by atoms with E-state index >= 15 is 0 Å². The number of nitrogens with one attached hydrogen (secondary N) is 2. The van der Waals surface area contributed by atoms with Crippen molar-refractivity contribution in [2.24, 2.45) is 0 Å². The molecule has 0 bridgehead atoms. The van der Waals surface area contributed by atoms with Gasteiger partial charge in [0, 0.05) is 35.7 Å². The predicted molar refractivity (Wildman–Crippen MR) is 155 cm³/mol. The van der Waals surface area contributed by atoms with Crippen LogP contribution in [0, 0.1) is 0 Å². The molecule has 10 heteroatoms. The van der Waals surface area contributed by atoms with Crippen LogP contribution in [0.25, 0.3) is 22.3 Å². The monoisotopic (exact) mass is 573 g/mol. The van der Waals surface area contributed by atoms with Crippen LogP contribution in [0.4, 0.5) is 0 Å². The number of carbonyl (C=O) groups excluding carboxylic acids is 2. The van der Waals surface area contributed by atoms with Gasteiger partial charge in [-0.25, -0.2) is 4.68 Å². The third-order valence-electron chi connectivity index (χ3n) is 5.66. The Balaban J connectivity index is 1.53. The minimum Gasteiger partial charge on any atom is -0.347 e. The second kappa shape index (κ2) is 12.1. The summed E-state index contributed by atoms with van der Waals surface area (Å²) in [6.45, 7) is 0.225. The molecule has 5 rings (SSSR count). The van der Waals surface area contributed by atoms with Gasteiger partial charge < -0.3 is 10.6 Å². The molecular formula is C29H21Cl2N5O2S. The van der Waals surface area contributed by atoms with E-state index in [2.05, 4.69) is 15.6 Å². The molecule has 0 atom stereocenters. The predicted octanol–water partition coefficient (Wildman–Crippen LogP) is 6.39. The first-order chi connectivity index (χ1) is 19.0. The summed E-state index contributed by atoms with van der Waals surface area (Å²) in [6, 6.07) is 21.7. The van der Waals surface area contributed by atoms with Gasteiger partial charge in [-0.2, -0.15) is 5.10 Å². The van der Waals surface area contributed by atoms with Gasteiger partial charge in [0.05, 0.1) is 21.2 Å². The van der Waals surface area contributed by atoms with E-state index in [1.54, 1.807) is 35.3 Å². The summed E-state index contributed by atoms with van der Waals surface area (Å²) in [5, 5.41) is 12.9. The van der Waals surface area contributed by atoms with Crippen LogP contribution in [-0.4, -0.2) is 26.6 Å². The van der Waals surface area contributed by atoms with Gasteiger partial charge in [0.2, 0.25) is 0 Å². The Morgan fingerprint density at radius 3 is 2.56 bits per heavy atom. The molecule has 0 aliphatic heterocycles. The van der Waals surface area contributed by atoms with Gasteiger partial charge in [-0.3, -0.25) is 14.6 Å². The van der Waals surface area contributed by atoms with Crippen molar-refractivity contribution >= 4 is 52.4 Å². The zero-order valence-corrected chi connectivity index (χ0v) is 22.7. The van der Waals surface area contributed by atoms with E-state index in [1.807, 2.05) is 60.1 Å². The number of amides is 2. The van der Waals surface area contributed by atoms with Gasteiger partial charge in [0.25, 0.3) is 11.8 Å². The molecule has 3 aromatic heterocycles. The van der Waals surface area contributed by atoms with Crippen LogP contribution in [0.5, 0.6) is 0 Å². The molecule has 7 nitrogen and oxygen atoms in total. The Kier molecular flexibility index (Phi) is 8.17. The number of thiophene rings is 1. The Bertz CT molecular complexity index is 1640. The number of carbonyl (C=O) groups is 2. The fourth-order valence-electron chi connectivity index (χ4n) is 3.77. The highest BCUT2D eigenvalue weighted by Crippen LogP contribution is 2.29. The quantitative estimate of drug-likeness (QED) is 0.210. The van der Waals surface area contributed by atoms with Crippen LogP contribution in [0.3, 0.4) is 0 Å². The van der Waals surface area contributed by atoms with Crippen LogP contribution in [0.2, 0.25) is 10.0 Å². The molecule has 0 aliphatic rings. The average Bonchev–Trinajstić information content (AvgIpc) is 3.63. The zero-order valence-electron chi connectivity index (χ0n) is 20.3. The van der Waals surface area contributed by atoms with E-state index in [4.69, 9.17) is 28.3 Å². The molecule has 0 aliphatic carbocycles. The molecule has 0 fully saturated rings. The Labute approximate surface area is 238 Å². The highest BCUT2D eigenvalue weighted by Gasteiger charge is 2.20. The molecule has 2 N–H and O–H groups in total. The second-order valence-electron chi connectivity index (χ2n) is 8.37. The largest absolute Gasteiger partial charge is 0.347 e. The third-order valence-corrected chi connectivity index (χ3v) is 7.09. The summed E-state index contributed by atoms with van der Waals surface area (Å²) in [4.78, 5) is 31.6. The lowest BCUT2D eigenvalue weighted by Gasteiger charge is -2.12. The van der Waals surface area contributed by atoms with Crippen molar-refractivity contribution in [1.82, 2.24) is 25.4 Å². The summed E-state index contributed by atoms with van der Waals surface area (Å²) >= 11 is 13.8. The fraction of sp³-hybridized carbons (Fsp3) is 0.0345. The molecule has 0 spiro atoms. The zero-order chi connectivity index (χ0) is 27.2. The lowest BCUT2D eigenvalue weighted by Crippen LogP contribution is -2.34. The molecule has 3 heterocycles. The van der Waals surface area contributed by atoms with Crippen molar-refractivity contribution < 1.29 is 9.59 Å². The number of benzene rings is 2. The lowest BCUT2D eigenvalue weighted by atomic mass is 10.1. The minimum absolute atomic E-state index is 0.0281. The molecule has 0 radical (unpaired) electrons. The van der Waals surface area contributed by atoms with Gasteiger partial charge >= 0.3 is 0 Å². The number of hydrogen-bond acceptors (Lipinski definition) is 5. The topological polar surface area (TPSA) is 88.9 Å². The SMILES string of the molecule is O=C(NCc1cccnc1)/C(=C/c1cn(-c2ccccc2)nc1-c1cccs1)NC(=O)c1ccc(Cl)cc1Cl. The van der Waals surface area contributed by atoms with Crippen molar-refractivity contribution in [3.8, 4) is 16.3 Å². The number of nitrogens with zero attached hydrogens (tertiary/aromatic N) is 3. The van der Waals surface area contributed by atoms with Crippen LogP contribution in [0.15, 0.2) is 102 Å². The van der Waals surface area contributed by atoms with E-state index in [0.29, 0.717) is 16.3 Å². The number of halogens is 2. The smallest absolute Gasteiger partial charge is 0.268 e. The van der Waals surface area contributed by atoms with Crippen molar-refractivity contribution in [1.29, 1.82) is 0 Å². The van der Waals surface area contributed by atoms with E-state index in [9.17, 15) is 9.59 Å². The van der Waals surface area contributed by atoms with Gasteiger partial charge in [0.1, 0.15) is 11.4 Å². The molecule has 39 heavy (non-hydrogen) atoms. The van der Waals surface area contributed by atoms with E-state index < -0.39 is 11.8 Å². The minimum atomic E-state index is -0.549. The molecule has 2 amide bonds. The van der Waals surface area contributed by atoms with Crippen LogP contribution >= 0.6 is 34.5 Å². The number of hydrogen-bond donors (Lipinski definition) is 2. The van der Waals surface area contributed by atoms with Gasteiger partial charge in [-0.1, -0.05) is 53.5 Å². The second-order valence-corrected chi connectivity index (χ2v) is 10.2. The highest BCUT2D eigenvalue weighted by atomic mass is 35.5. The molecule has 0 unspecified atom stereocenters. The van der Waals surface area contributed by atoms with E-state index in [1.165, 1.54) is 23.5 Å². The van der Waals surface area contributed by atoms with Crippen LogP contribution in [-0.2, 0) is 11.3 Å². The van der Waals surface area contributed by atoms with Gasteiger partial charge in [-0.15, -0.1) is 11.3 Å². The summed E-state index contributed by atoms with van der Waals surface area (Å²) in [5.41, 5.74) is 3.20. The fourth-order valence-corrected chi connectivity index (χ4v) is 4.99. The highest BCUT2D eigenvalue weighted by molar-refractivity contribution is 7.13. The van der Waals surface area contributed by atoms with E-state index in [-0.39, 0.29) is 22.8 Å². The lowest BCUT2D eigenvalue weighted by molar-refractivity contribution is -0.117. The summed E-state index contributed by atoms with van der Waals surface area (Å²) in [7, 11) is 0. The molecule has 5 aromatic rings. The summed E-state index contributed by atoms with van der Waals surface area (Å²) in [5.74, 6) is -1.03. The first-order valence-electron chi connectivity index (χ1n) is 11.8. The van der Waals surface area contributed by atoms with Crippen molar-refractivity contribution in [3.63, 3.8) is 0 Å². The number of rotatable bonds is 8. The first kappa shape index (κ1) is 26.4. The maximum absolute atomic E-state index is 13.4. The van der Waals surface area contributed by atoms with Crippen molar-refractivity contribution in [2.45, 2.75) is 6.54 Å². The molecular weight excluding hydrogens is 553 g/mol. The number of pyridine rings is 1. The molecule has 0 saturated carbocycles. The van der Waals surface area contributed by atoms with Crippen molar-refractivity contribution in [2.75, 3.05) is 0 Å². The average molecular weight is 574 g/mol. The van der Waals surface area contributed by atoms with Gasteiger partial charge in [-0.05, 0) is 59.5 Å². The maximum atomic E-state index is 13.4. The third kappa shape index (κ3) is 6.43. The summed E-state index contributed by atoms with van der Waals surface area (Å²) in [6.07, 6.45) is 6.75. The Morgan fingerprint density at radius 2 is 1.85 bits per heavy atom. The van der Waals surface area contributed by atoms with Crippen molar-refractivity contribution in [3.05, 3.63) is 129 Å². The number of aromatic nitrogens is 3. The molecule has 0 saturated heterocycles. The van der Waals surface area contributed by atoms with E-state index in [0.717, 1.165) is 16.1 Å². The molecule has 194 valence electrons. The standard InChI is InChI=1S/C29H21Cl2N5O2S/c30-21-10-11-23(24(31)15-21)28(37)34-25(29(38)33-17-19-6-4-12-32-16-19)14-20-18-36(22-7-2-1-3-8-22)35-27(20)26-9-5-13-39-26/h1-16,18H,17H2,(H,33,38)(H,34,37)/b25-14-. The number of para-hydroxylation sites is 1. The first-order valence-corrected chi connectivity index (χ1v) is 13.5. The maximum Gasteiger partial charge on any atom is 0.268 e.